The Labute approximate surface area is 86.5 Å². The highest BCUT2D eigenvalue weighted by Crippen LogP contribution is 2.16. The number of halogens is 1. The quantitative estimate of drug-likeness (QED) is 0.543. The Morgan fingerprint density at radius 2 is 2.43 bits per heavy atom. The van der Waals surface area contributed by atoms with Crippen molar-refractivity contribution in [3.05, 3.63) is 17.0 Å². The van der Waals surface area contributed by atoms with Gasteiger partial charge in [0, 0.05) is 0 Å². The van der Waals surface area contributed by atoms with Gasteiger partial charge in [0.05, 0.1) is 6.20 Å². The van der Waals surface area contributed by atoms with E-state index < -0.39 is 6.10 Å². The van der Waals surface area contributed by atoms with Gasteiger partial charge >= 0.3 is 0 Å². The van der Waals surface area contributed by atoms with Crippen LogP contribution in [-0.2, 0) is 0 Å². The molecule has 0 radical (unpaired) electrons. The summed E-state index contributed by atoms with van der Waals surface area (Å²) < 4.78 is 5.17. The normalized spacial score (nSPS) is 11.1. The van der Waals surface area contributed by atoms with Gasteiger partial charge < -0.3 is 4.74 Å². The van der Waals surface area contributed by atoms with Crippen molar-refractivity contribution in [2.45, 2.75) is 13.0 Å². The molecule has 70 valence electrons. The average molecular weight is 208 g/mol. The molecular formula is C9H6ClN3O. The number of terminal acetylenes is 1. The van der Waals surface area contributed by atoms with Gasteiger partial charge in [-0.1, -0.05) is 5.92 Å². The second-order valence-electron chi connectivity index (χ2n) is 2.40. The summed E-state index contributed by atoms with van der Waals surface area (Å²) in [6, 6.07) is 1.88. The van der Waals surface area contributed by atoms with Crippen LogP contribution in [-0.4, -0.2) is 16.1 Å². The number of hydrogen-bond donors (Lipinski definition) is 0. The van der Waals surface area contributed by atoms with Crippen LogP contribution in [0, 0.1) is 23.7 Å². The first-order valence-corrected chi connectivity index (χ1v) is 4.10. The van der Waals surface area contributed by atoms with Gasteiger partial charge in [-0.3, -0.25) is 0 Å². The topological polar surface area (TPSA) is 58.8 Å². The third kappa shape index (κ3) is 2.35. The van der Waals surface area contributed by atoms with Gasteiger partial charge in [-0.25, -0.2) is 4.98 Å². The Morgan fingerprint density at radius 1 is 1.71 bits per heavy atom. The maximum atomic E-state index is 8.69. The molecule has 0 N–H and O–H groups in total. The van der Waals surface area contributed by atoms with E-state index in [1.54, 1.807) is 6.92 Å². The molecule has 0 fully saturated rings. The molecule has 1 aromatic heterocycles. The van der Waals surface area contributed by atoms with Crippen LogP contribution in [0.5, 0.6) is 5.88 Å². The fourth-order valence-corrected chi connectivity index (χ4v) is 0.839. The van der Waals surface area contributed by atoms with E-state index in [1.807, 2.05) is 6.07 Å². The number of nitriles is 1. The Bertz CT molecular complexity index is 419. The van der Waals surface area contributed by atoms with Crippen LogP contribution in [0.15, 0.2) is 6.20 Å². The van der Waals surface area contributed by atoms with Gasteiger partial charge in [0.1, 0.15) is 11.6 Å². The largest absolute Gasteiger partial charge is 0.460 e. The van der Waals surface area contributed by atoms with Gasteiger partial charge in [-0.15, -0.1) is 6.42 Å². The minimum Gasteiger partial charge on any atom is -0.460 e. The zero-order valence-corrected chi connectivity index (χ0v) is 8.12. The summed E-state index contributed by atoms with van der Waals surface area (Å²) in [5.41, 5.74) is 0.205. The standard InChI is InChI=1S/C9H6ClN3O/c1-3-6(2)14-8-7(4-11)5-12-9(10)13-8/h1,5-6H,2H3. The predicted molar refractivity (Wildman–Crippen MR) is 50.7 cm³/mol. The van der Waals surface area contributed by atoms with Gasteiger partial charge in [0.15, 0.2) is 6.10 Å². The number of rotatable bonds is 2. The van der Waals surface area contributed by atoms with Crippen molar-refractivity contribution in [3.63, 3.8) is 0 Å². The zero-order valence-electron chi connectivity index (χ0n) is 7.36. The van der Waals surface area contributed by atoms with Crippen molar-refractivity contribution < 1.29 is 4.74 Å². The zero-order chi connectivity index (χ0) is 10.6. The highest BCUT2D eigenvalue weighted by Gasteiger charge is 2.09. The van der Waals surface area contributed by atoms with Crippen LogP contribution in [0.25, 0.3) is 0 Å². The molecule has 0 saturated heterocycles. The lowest BCUT2D eigenvalue weighted by molar-refractivity contribution is 0.266. The molecule has 0 saturated carbocycles. The molecule has 14 heavy (non-hydrogen) atoms. The lowest BCUT2D eigenvalue weighted by Crippen LogP contribution is -2.10. The minimum atomic E-state index is -0.465. The number of aromatic nitrogens is 2. The molecule has 0 aliphatic heterocycles. The van der Waals surface area contributed by atoms with Gasteiger partial charge in [-0.05, 0) is 18.5 Å². The first-order valence-electron chi connectivity index (χ1n) is 3.72. The second kappa shape index (κ2) is 4.45. The molecule has 0 bridgehead atoms. The van der Waals surface area contributed by atoms with Crippen LogP contribution in [0.3, 0.4) is 0 Å². The SMILES string of the molecule is C#CC(C)Oc1nc(Cl)ncc1C#N. The first kappa shape index (κ1) is 10.3. The molecule has 1 aromatic rings. The van der Waals surface area contributed by atoms with Crippen LogP contribution in [0.1, 0.15) is 12.5 Å². The third-order valence-electron chi connectivity index (χ3n) is 1.37. The van der Waals surface area contributed by atoms with Crippen LogP contribution < -0.4 is 4.74 Å². The minimum absolute atomic E-state index is 0.0169. The summed E-state index contributed by atoms with van der Waals surface area (Å²) in [6.45, 7) is 1.66. The molecule has 0 amide bonds. The average Bonchev–Trinajstić information content (AvgIpc) is 2.18. The lowest BCUT2D eigenvalue weighted by atomic mass is 10.3. The van der Waals surface area contributed by atoms with Crippen molar-refractivity contribution in [3.8, 4) is 24.3 Å². The van der Waals surface area contributed by atoms with Crippen molar-refractivity contribution >= 4 is 11.6 Å². The van der Waals surface area contributed by atoms with Gasteiger partial charge in [0.2, 0.25) is 11.2 Å². The van der Waals surface area contributed by atoms with Crippen LogP contribution >= 0.6 is 11.6 Å². The van der Waals surface area contributed by atoms with E-state index in [4.69, 9.17) is 28.0 Å². The molecule has 0 aliphatic rings. The highest BCUT2D eigenvalue weighted by atomic mass is 35.5. The molecule has 0 spiro atoms. The maximum Gasteiger partial charge on any atom is 0.237 e. The third-order valence-corrected chi connectivity index (χ3v) is 1.55. The molecule has 0 aliphatic carbocycles. The Kier molecular flexibility index (Phi) is 3.28. The van der Waals surface area contributed by atoms with Crippen molar-refractivity contribution in [1.29, 1.82) is 5.26 Å². The summed E-state index contributed by atoms with van der Waals surface area (Å²) in [5.74, 6) is 2.46. The van der Waals surface area contributed by atoms with E-state index >= 15 is 0 Å². The van der Waals surface area contributed by atoms with E-state index in [1.165, 1.54) is 6.20 Å². The molecule has 5 heteroatoms. The molecule has 1 atom stereocenters. The van der Waals surface area contributed by atoms with E-state index in [-0.39, 0.29) is 16.7 Å². The molecule has 1 rings (SSSR count). The number of hydrogen-bond acceptors (Lipinski definition) is 4. The summed E-state index contributed by atoms with van der Waals surface area (Å²) in [4.78, 5) is 7.39. The number of ether oxygens (including phenoxy) is 1. The highest BCUT2D eigenvalue weighted by molar-refractivity contribution is 6.28. The van der Waals surface area contributed by atoms with Crippen LogP contribution in [0.2, 0.25) is 5.28 Å². The molecule has 1 heterocycles. The second-order valence-corrected chi connectivity index (χ2v) is 2.73. The fraction of sp³-hybridized carbons (Fsp3) is 0.222. The Hall–Kier alpha value is -1.78. The van der Waals surface area contributed by atoms with E-state index in [0.29, 0.717) is 0 Å². The van der Waals surface area contributed by atoms with E-state index in [0.717, 1.165) is 0 Å². The van der Waals surface area contributed by atoms with Gasteiger partial charge in [0.25, 0.3) is 0 Å². The molecular weight excluding hydrogens is 202 g/mol. The lowest BCUT2D eigenvalue weighted by Gasteiger charge is -2.08. The number of nitrogens with zero attached hydrogens (tertiary/aromatic N) is 3. The summed E-state index contributed by atoms with van der Waals surface area (Å²) in [6.07, 6.45) is 5.94. The van der Waals surface area contributed by atoms with Crippen molar-refractivity contribution in [1.82, 2.24) is 9.97 Å². The Morgan fingerprint density at radius 3 is 3.00 bits per heavy atom. The van der Waals surface area contributed by atoms with Crippen molar-refractivity contribution in [2.24, 2.45) is 0 Å². The fourth-order valence-electron chi connectivity index (χ4n) is 0.714. The van der Waals surface area contributed by atoms with Gasteiger partial charge in [-0.2, -0.15) is 10.2 Å². The monoisotopic (exact) mass is 207 g/mol. The van der Waals surface area contributed by atoms with Crippen LogP contribution in [0.4, 0.5) is 0 Å². The van der Waals surface area contributed by atoms with Crippen molar-refractivity contribution in [2.75, 3.05) is 0 Å². The molecule has 1 unspecified atom stereocenters. The first-order chi connectivity index (χ1) is 6.67. The summed E-state index contributed by atoms with van der Waals surface area (Å²) >= 11 is 5.54. The Balaban J connectivity index is 3.02. The summed E-state index contributed by atoms with van der Waals surface area (Å²) in [5, 5.41) is 8.71. The molecule has 0 aromatic carbocycles. The molecule has 4 nitrogen and oxygen atoms in total. The smallest absolute Gasteiger partial charge is 0.237 e. The predicted octanol–water partition coefficient (Wildman–Crippen LogP) is 1.40. The summed E-state index contributed by atoms with van der Waals surface area (Å²) in [7, 11) is 0. The van der Waals surface area contributed by atoms with E-state index in [9.17, 15) is 0 Å². The van der Waals surface area contributed by atoms with E-state index in [2.05, 4.69) is 15.9 Å². The maximum absolute atomic E-state index is 8.69.